The molecule has 5 heteroatoms. The van der Waals surface area contributed by atoms with Crippen LogP contribution in [0.25, 0.3) is 0 Å². The van der Waals surface area contributed by atoms with Crippen molar-refractivity contribution in [2.75, 3.05) is 26.2 Å². The molecule has 0 heterocycles. The van der Waals surface area contributed by atoms with Gasteiger partial charge in [-0.3, -0.25) is 4.79 Å². The molecule has 0 amide bonds. The van der Waals surface area contributed by atoms with Crippen LogP contribution in [0.1, 0.15) is 23.7 Å². The lowest BCUT2D eigenvalue weighted by Crippen LogP contribution is -2.04. The number of halogens is 1. The molecular weight excluding hydrogens is 300 g/mol. The van der Waals surface area contributed by atoms with Gasteiger partial charge in [0.05, 0.1) is 26.4 Å². The highest BCUT2D eigenvalue weighted by atomic mass is 79.9. The Morgan fingerprint density at radius 3 is 2.39 bits per heavy atom. The number of ketones is 1. The number of carbonyl (C=O) groups is 1. The third kappa shape index (κ3) is 3.38. The summed E-state index contributed by atoms with van der Waals surface area (Å²) in [4.78, 5) is 11.5. The number of carbonyl (C=O) groups excluding carboxylic acids is 1. The Morgan fingerprint density at radius 1 is 1.22 bits per heavy atom. The maximum absolute atomic E-state index is 11.5. The first-order valence-corrected chi connectivity index (χ1v) is 6.72. The monoisotopic (exact) mass is 316 g/mol. The van der Waals surface area contributed by atoms with Gasteiger partial charge in [-0.15, -0.1) is 0 Å². The van der Waals surface area contributed by atoms with E-state index in [0.717, 1.165) is 11.8 Å². The van der Waals surface area contributed by atoms with Crippen molar-refractivity contribution >= 4 is 21.7 Å². The van der Waals surface area contributed by atoms with Gasteiger partial charge >= 0.3 is 0 Å². The van der Waals surface area contributed by atoms with Gasteiger partial charge in [0.15, 0.2) is 17.3 Å². The molecule has 0 aliphatic carbocycles. The molecular formula is C13H17BrO4. The van der Waals surface area contributed by atoms with E-state index < -0.39 is 0 Å². The number of benzene rings is 1. The number of hydrogen-bond acceptors (Lipinski definition) is 4. The molecule has 1 rings (SSSR count). The minimum absolute atomic E-state index is 0.0721. The lowest BCUT2D eigenvalue weighted by atomic mass is 10.1. The van der Waals surface area contributed by atoms with Gasteiger partial charge in [-0.25, -0.2) is 0 Å². The summed E-state index contributed by atoms with van der Waals surface area (Å²) in [6.07, 6.45) is 0.889. The average Bonchev–Trinajstić information content (AvgIpc) is 2.37. The first-order chi connectivity index (χ1) is 8.65. The second-order valence-corrected chi connectivity index (χ2v) is 4.42. The van der Waals surface area contributed by atoms with Crippen LogP contribution in [0.15, 0.2) is 12.1 Å². The van der Waals surface area contributed by atoms with Crippen LogP contribution < -0.4 is 14.2 Å². The first kappa shape index (κ1) is 14.8. The Balaban J connectivity index is 3.09. The molecule has 0 aliphatic heterocycles. The molecule has 0 fully saturated rings. The van der Waals surface area contributed by atoms with Crippen molar-refractivity contribution in [3.63, 3.8) is 0 Å². The fraction of sp³-hybridized carbons (Fsp3) is 0.462. The van der Waals surface area contributed by atoms with Gasteiger partial charge in [0.1, 0.15) is 0 Å². The van der Waals surface area contributed by atoms with Gasteiger partial charge in [0, 0.05) is 5.33 Å². The van der Waals surface area contributed by atoms with Crippen molar-refractivity contribution < 1.29 is 19.0 Å². The summed E-state index contributed by atoms with van der Waals surface area (Å²) in [5.74, 6) is 1.39. The fourth-order valence-electron chi connectivity index (χ4n) is 1.57. The molecule has 0 aliphatic rings. The third-order valence-corrected chi connectivity index (χ3v) is 2.96. The van der Waals surface area contributed by atoms with E-state index in [1.54, 1.807) is 12.1 Å². The van der Waals surface area contributed by atoms with Gasteiger partial charge in [0.2, 0.25) is 5.75 Å². The highest BCUT2D eigenvalue weighted by Crippen LogP contribution is 2.40. The molecule has 0 saturated carbocycles. The average molecular weight is 317 g/mol. The maximum Gasteiger partial charge on any atom is 0.204 e. The maximum atomic E-state index is 11.5. The summed E-state index contributed by atoms with van der Waals surface area (Å²) < 4.78 is 16.1. The predicted octanol–water partition coefficient (Wildman–Crippen LogP) is 3.07. The number of ether oxygens (including phenoxy) is 3. The second kappa shape index (κ2) is 7.26. The number of hydrogen-bond donors (Lipinski definition) is 0. The molecule has 0 unspecified atom stereocenters. The van der Waals surface area contributed by atoms with Crippen LogP contribution in [-0.2, 0) is 0 Å². The van der Waals surface area contributed by atoms with E-state index in [1.807, 2.05) is 0 Å². The quantitative estimate of drug-likeness (QED) is 0.440. The molecule has 0 radical (unpaired) electrons. The van der Waals surface area contributed by atoms with Crippen molar-refractivity contribution in [1.82, 2.24) is 0 Å². The zero-order valence-electron chi connectivity index (χ0n) is 10.8. The van der Waals surface area contributed by atoms with Crippen LogP contribution in [-0.4, -0.2) is 31.9 Å². The van der Waals surface area contributed by atoms with Crippen molar-refractivity contribution in [2.24, 2.45) is 0 Å². The zero-order valence-corrected chi connectivity index (χ0v) is 12.4. The number of methoxy groups -OCH3 is 2. The normalized spacial score (nSPS) is 10.0. The summed E-state index contributed by atoms with van der Waals surface area (Å²) in [5.41, 5.74) is 0.488. The van der Waals surface area contributed by atoms with Crippen LogP contribution in [0.4, 0.5) is 0 Å². The van der Waals surface area contributed by atoms with Crippen LogP contribution in [0.3, 0.4) is 0 Å². The lowest BCUT2D eigenvalue weighted by Gasteiger charge is -2.15. The van der Waals surface area contributed by atoms with E-state index in [4.69, 9.17) is 14.2 Å². The molecule has 100 valence electrons. The SMILES string of the molecule is COc1c(OCCCBr)ccc(C(C)=O)c1OC. The van der Waals surface area contributed by atoms with Gasteiger partial charge in [-0.05, 0) is 25.5 Å². The Morgan fingerprint density at radius 2 is 1.89 bits per heavy atom. The summed E-state index contributed by atoms with van der Waals surface area (Å²) in [5, 5.41) is 0.873. The van der Waals surface area contributed by atoms with Crippen LogP contribution in [0, 0.1) is 0 Å². The first-order valence-electron chi connectivity index (χ1n) is 5.60. The van der Waals surface area contributed by atoms with Gasteiger partial charge in [-0.2, -0.15) is 0 Å². The minimum Gasteiger partial charge on any atom is -0.492 e. The fourth-order valence-corrected chi connectivity index (χ4v) is 1.80. The summed E-state index contributed by atoms with van der Waals surface area (Å²) in [6, 6.07) is 3.42. The number of rotatable bonds is 7. The van der Waals surface area contributed by atoms with E-state index >= 15 is 0 Å². The Labute approximate surface area is 115 Å². The number of alkyl halides is 1. The van der Waals surface area contributed by atoms with Crippen molar-refractivity contribution in [3.05, 3.63) is 17.7 Å². The highest BCUT2D eigenvalue weighted by Gasteiger charge is 2.18. The van der Waals surface area contributed by atoms with Gasteiger partial charge < -0.3 is 14.2 Å². The van der Waals surface area contributed by atoms with Crippen LogP contribution in [0.5, 0.6) is 17.2 Å². The van der Waals surface area contributed by atoms with E-state index in [-0.39, 0.29) is 5.78 Å². The number of Topliss-reactive ketones (excluding diaryl/α,β-unsaturated/α-hetero) is 1. The van der Waals surface area contributed by atoms with Crippen molar-refractivity contribution in [2.45, 2.75) is 13.3 Å². The molecule has 1 aromatic rings. The summed E-state index contributed by atoms with van der Waals surface area (Å²) in [7, 11) is 3.03. The smallest absolute Gasteiger partial charge is 0.204 e. The molecule has 4 nitrogen and oxygen atoms in total. The van der Waals surface area contributed by atoms with E-state index in [1.165, 1.54) is 21.1 Å². The lowest BCUT2D eigenvalue weighted by molar-refractivity contribution is 0.101. The van der Waals surface area contributed by atoms with E-state index in [9.17, 15) is 4.79 Å². The predicted molar refractivity (Wildman–Crippen MR) is 73.5 cm³/mol. The van der Waals surface area contributed by atoms with Crippen molar-refractivity contribution in [3.8, 4) is 17.2 Å². The third-order valence-electron chi connectivity index (χ3n) is 2.40. The Bertz CT molecular complexity index is 418. The van der Waals surface area contributed by atoms with E-state index in [2.05, 4.69) is 15.9 Å². The topological polar surface area (TPSA) is 44.8 Å². The highest BCUT2D eigenvalue weighted by molar-refractivity contribution is 9.09. The summed E-state index contributed by atoms with van der Waals surface area (Å²) >= 11 is 3.34. The molecule has 0 atom stereocenters. The Hall–Kier alpha value is -1.23. The van der Waals surface area contributed by atoms with Crippen molar-refractivity contribution in [1.29, 1.82) is 0 Å². The minimum atomic E-state index is -0.0721. The molecule has 0 spiro atoms. The standard InChI is InChI=1S/C13H17BrO4/c1-9(15)10-5-6-11(18-8-4-7-14)13(17-3)12(10)16-2/h5-6H,4,7-8H2,1-3H3. The van der Waals surface area contributed by atoms with Crippen LogP contribution in [0.2, 0.25) is 0 Å². The van der Waals surface area contributed by atoms with Gasteiger partial charge in [0.25, 0.3) is 0 Å². The molecule has 0 aromatic heterocycles. The summed E-state index contributed by atoms with van der Waals surface area (Å²) in [6.45, 7) is 2.06. The molecule has 1 aromatic carbocycles. The molecule has 0 bridgehead atoms. The second-order valence-electron chi connectivity index (χ2n) is 3.62. The zero-order chi connectivity index (χ0) is 13.5. The van der Waals surface area contributed by atoms with Gasteiger partial charge in [-0.1, -0.05) is 15.9 Å². The molecule has 0 N–H and O–H groups in total. The van der Waals surface area contributed by atoms with E-state index in [0.29, 0.717) is 29.4 Å². The largest absolute Gasteiger partial charge is 0.492 e. The van der Waals surface area contributed by atoms with Crippen LogP contribution >= 0.6 is 15.9 Å². The molecule has 0 saturated heterocycles. The molecule has 18 heavy (non-hydrogen) atoms. The Kier molecular flexibility index (Phi) is 5.98.